The molecule has 0 aliphatic heterocycles. The van der Waals surface area contributed by atoms with Crippen molar-refractivity contribution in [2.24, 2.45) is 0 Å². The largest absolute Gasteiger partial charge is 0.393 e. The predicted octanol–water partition coefficient (Wildman–Crippen LogP) is 1.88. The molecular formula is C10H14N4O3S. The summed E-state index contributed by atoms with van der Waals surface area (Å²) in [6.07, 6.45) is 1.66. The smallest absolute Gasteiger partial charge is 0.372 e. The van der Waals surface area contributed by atoms with Gasteiger partial charge < -0.3 is 20.5 Å². The first-order chi connectivity index (χ1) is 8.49. The molecular weight excluding hydrogens is 256 g/mol. The van der Waals surface area contributed by atoms with Crippen molar-refractivity contribution in [3.63, 3.8) is 0 Å². The van der Waals surface area contributed by atoms with E-state index in [2.05, 4.69) is 10.3 Å². The van der Waals surface area contributed by atoms with Crippen molar-refractivity contribution >= 4 is 27.9 Å². The first-order valence-electron chi connectivity index (χ1n) is 5.53. The fourth-order valence-corrected chi connectivity index (χ4v) is 2.56. The van der Waals surface area contributed by atoms with Crippen molar-refractivity contribution in [2.45, 2.75) is 32.4 Å². The van der Waals surface area contributed by atoms with Gasteiger partial charge in [0.15, 0.2) is 0 Å². The van der Waals surface area contributed by atoms with Crippen molar-refractivity contribution < 1.29 is 10.0 Å². The van der Waals surface area contributed by atoms with Crippen molar-refractivity contribution in [1.29, 1.82) is 0 Å². The summed E-state index contributed by atoms with van der Waals surface area (Å²) in [4.78, 5) is 15.4. The van der Waals surface area contributed by atoms with E-state index in [4.69, 9.17) is 0 Å². The van der Waals surface area contributed by atoms with Crippen LogP contribution in [0.25, 0.3) is 4.96 Å². The van der Waals surface area contributed by atoms with Gasteiger partial charge in [0.25, 0.3) is 4.96 Å². The topological polar surface area (TPSA) is 92.7 Å². The van der Waals surface area contributed by atoms with Crippen molar-refractivity contribution in [3.05, 3.63) is 21.7 Å². The molecule has 0 aromatic carbocycles. The van der Waals surface area contributed by atoms with Gasteiger partial charge in [-0.1, -0.05) is 11.3 Å². The first-order valence-corrected chi connectivity index (χ1v) is 6.41. The molecule has 2 rings (SSSR count). The van der Waals surface area contributed by atoms with Gasteiger partial charge in [0, 0.05) is 11.4 Å². The average molecular weight is 270 g/mol. The summed E-state index contributed by atoms with van der Waals surface area (Å²) in [5.41, 5.74) is 0. The van der Waals surface area contributed by atoms with Crippen LogP contribution in [0.1, 0.15) is 20.3 Å². The minimum Gasteiger partial charge on any atom is -0.393 e. The van der Waals surface area contributed by atoms with Crippen LogP contribution in [0.4, 0.5) is 11.6 Å². The molecule has 0 spiro atoms. The molecule has 0 fully saturated rings. The van der Waals surface area contributed by atoms with E-state index in [0.717, 1.165) is 0 Å². The molecule has 0 bridgehead atoms. The zero-order valence-corrected chi connectivity index (χ0v) is 10.8. The number of nitrogens with zero attached hydrogens (tertiary/aromatic N) is 3. The summed E-state index contributed by atoms with van der Waals surface area (Å²) >= 11 is 1.34. The van der Waals surface area contributed by atoms with E-state index in [-0.39, 0.29) is 17.7 Å². The summed E-state index contributed by atoms with van der Waals surface area (Å²) in [5.74, 6) is 0.184. The van der Waals surface area contributed by atoms with Gasteiger partial charge in [0.05, 0.1) is 6.10 Å². The number of nitrogens with one attached hydrogen (secondary N) is 1. The minimum atomic E-state index is -0.463. The Kier molecular flexibility index (Phi) is 3.48. The number of anilines is 1. The minimum absolute atomic E-state index is 0.0660. The Balaban J connectivity index is 2.29. The molecule has 2 unspecified atom stereocenters. The Hall–Kier alpha value is -1.67. The van der Waals surface area contributed by atoms with Crippen LogP contribution in [0, 0.1) is 10.1 Å². The lowest BCUT2D eigenvalue weighted by molar-refractivity contribution is -0.389. The normalized spacial score (nSPS) is 14.6. The van der Waals surface area contributed by atoms with Crippen LogP contribution < -0.4 is 5.32 Å². The fraction of sp³-hybridized carbons (Fsp3) is 0.500. The Bertz CT molecular complexity index is 562. The highest BCUT2D eigenvalue weighted by Crippen LogP contribution is 2.28. The van der Waals surface area contributed by atoms with Crippen molar-refractivity contribution in [1.82, 2.24) is 9.38 Å². The standard InChI is InChI=1S/C10H14N4O3S/c1-6(5-7(2)15)11-8-9(14(16)17)13-3-4-18-10(13)12-8/h3-4,6-7,11,15H,5H2,1-2H3. The molecule has 2 aromatic rings. The van der Waals surface area contributed by atoms with Crippen LogP contribution in [0.2, 0.25) is 0 Å². The van der Waals surface area contributed by atoms with Crippen LogP contribution in [0.5, 0.6) is 0 Å². The maximum Gasteiger partial charge on any atom is 0.372 e. The van der Waals surface area contributed by atoms with E-state index in [0.29, 0.717) is 11.4 Å². The second-order valence-corrected chi connectivity index (χ2v) is 5.10. The summed E-state index contributed by atoms with van der Waals surface area (Å²) in [7, 11) is 0. The first kappa shape index (κ1) is 12.8. The number of rotatable bonds is 5. The monoisotopic (exact) mass is 270 g/mol. The number of hydrogen-bond donors (Lipinski definition) is 2. The third-order valence-electron chi connectivity index (χ3n) is 2.49. The van der Waals surface area contributed by atoms with Gasteiger partial charge in [-0.25, -0.2) is 0 Å². The third kappa shape index (κ3) is 2.44. The number of imidazole rings is 1. The highest BCUT2D eigenvalue weighted by Gasteiger charge is 2.24. The Morgan fingerprint density at radius 3 is 3.00 bits per heavy atom. The van der Waals surface area contributed by atoms with Gasteiger partial charge in [0.1, 0.15) is 6.20 Å². The van der Waals surface area contributed by atoms with Gasteiger partial charge in [0.2, 0.25) is 5.82 Å². The lowest BCUT2D eigenvalue weighted by atomic mass is 10.1. The molecule has 98 valence electrons. The summed E-state index contributed by atoms with van der Waals surface area (Å²) in [6, 6.07) is -0.0895. The Labute approximate surface area is 107 Å². The highest BCUT2D eigenvalue weighted by molar-refractivity contribution is 7.15. The van der Waals surface area contributed by atoms with Gasteiger partial charge in [-0.05, 0) is 25.2 Å². The van der Waals surface area contributed by atoms with Crippen LogP contribution in [-0.2, 0) is 0 Å². The van der Waals surface area contributed by atoms with E-state index < -0.39 is 11.0 Å². The highest BCUT2D eigenvalue weighted by atomic mass is 32.1. The molecule has 18 heavy (non-hydrogen) atoms. The number of thiazole rings is 1. The zero-order valence-electron chi connectivity index (χ0n) is 10.0. The Morgan fingerprint density at radius 1 is 1.67 bits per heavy atom. The maximum atomic E-state index is 11.1. The van der Waals surface area contributed by atoms with E-state index in [1.165, 1.54) is 15.7 Å². The van der Waals surface area contributed by atoms with E-state index in [1.54, 1.807) is 18.5 Å². The van der Waals surface area contributed by atoms with Crippen LogP contribution in [-0.4, -0.2) is 31.6 Å². The van der Waals surface area contributed by atoms with E-state index in [9.17, 15) is 15.2 Å². The molecule has 7 nitrogen and oxygen atoms in total. The lowest BCUT2D eigenvalue weighted by Crippen LogP contribution is -2.21. The predicted molar refractivity (Wildman–Crippen MR) is 69.1 cm³/mol. The lowest BCUT2D eigenvalue weighted by Gasteiger charge is -2.14. The van der Waals surface area contributed by atoms with Crippen LogP contribution in [0.3, 0.4) is 0 Å². The van der Waals surface area contributed by atoms with Gasteiger partial charge >= 0.3 is 5.82 Å². The van der Waals surface area contributed by atoms with Crippen LogP contribution in [0.15, 0.2) is 11.6 Å². The molecule has 0 aliphatic rings. The van der Waals surface area contributed by atoms with Crippen LogP contribution >= 0.6 is 11.3 Å². The van der Waals surface area contributed by atoms with Gasteiger partial charge in [-0.15, -0.1) is 0 Å². The second kappa shape index (κ2) is 4.91. The number of aromatic nitrogens is 2. The number of hydrogen-bond acceptors (Lipinski definition) is 6. The SMILES string of the molecule is CC(O)CC(C)Nc1nc2sccn2c1[N+](=O)[O-]. The number of aliphatic hydroxyl groups is 1. The van der Waals surface area contributed by atoms with Gasteiger partial charge in [-0.3, -0.25) is 0 Å². The summed E-state index contributed by atoms with van der Waals surface area (Å²) in [5, 5.41) is 25.1. The zero-order chi connectivity index (χ0) is 13.3. The molecule has 0 saturated carbocycles. The second-order valence-electron chi connectivity index (χ2n) is 4.23. The summed E-state index contributed by atoms with van der Waals surface area (Å²) < 4.78 is 1.45. The van der Waals surface area contributed by atoms with E-state index in [1.807, 2.05) is 6.92 Å². The van der Waals surface area contributed by atoms with E-state index >= 15 is 0 Å². The maximum absolute atomic E-state index is 11.1. The molecule has 2 N–H and O–H groups in total. The quantitative estimate of drug-likeness (QED) is 0.639. The average Bonchev–Trinajstić information content (AvgIpc) is 2.74. The molecule has 0 aliphatic carbocycles. The molecule has 2 atom stereocenters. The molecule has 0 amide bonds. The Morgan fingerprint density at radius 2 is 2.39 bits per heavy atom. The molecule has 8 heteroatoms. The molecule has 0 radical (unpaired) electrons. The third-order valence-corrected chi connectivity index (χ3v) is 3.24. The fourth-order valence-electron chi connectivity index (χ4n) is 1.85. The number of nitro groups is 1. The number of aliphatic hydroxyl groups excluding tert-OH is 1. The van der Waals surface area contributed by atoms with Crippen molar-refractivity contribution in [2.75, 3.05) is 5.32 Å². The van der Waals surface area contributed by atoms with Crippen molar-refractivity contribution in [3.8, 4) is 0 Å². The molecule has 0 saturated heterocycles. The summed E-state index contributed by atoms with van der Waals surface area (Å²) in [6.45, 7) is 3.53. The molecule has 2 heterocycles. The number of fused-ring (bicyclic) bond motifs is 1. The van der Waals surface area contributed by atoms with Gasteiger partial charge in [-0.2, -0.15) is 9.38 Å². The molecule has 2 aromatic heterocycles.